The largest absolute Gasteiger partial charge is 0.457 e. The smallest absolute Gasteiger partial charge is 0.306 e. The number of fused-ring (bicyclic) bond motifs is 1. The van der Waals surface area contributed by atoms with Crippen molar-refractivity contribution in [2.24, 2.45) is 0 Å². The van der Waals surface area contributed by atoms with Gasteiger partial charge in [0.2, 0.25) is 0 Å². The molecule has 134 valence electrons. The van der Waals surface area contributed by atoms with Crippen LogP contribution in [0.15, 0.2) is 48.7 Å². The number of Topliss-reactive ketones (excluding diaryl/α,β-unsaturated/α-hetero) is 1. The highest BCUT2D eigenvalue weighted by atomic mass is 19.2. The van der Waals surface area contributed by atoms with E-state index in [1.165, 1.54) is 0 Å². The van der Waals surface area contributed by atoms with E-state index in [2.05, 4.69) is 4.98 Å². The van der Waals surface area contributed by atoms with Gasteiger partial charge >= 0.3 is 5.97 Å². The highest BCUT2D eigenvalue weighted by molar-refractivity contribution is 5.97. The second-order valence-corrected chi connectivity index (χ2v) is 5.93. The first-order valence-electron chi connectivity index (χ1n) is 8.23. The van der Waals surface area contributed by atoms with Crippen molar-refractivity contribution >= 4 is 22.7 Å². The van der Waals surface area contributed by atoms with Crippen LogP contribution in [-0.2, 0) is 16.0 Å². The third kappa shape index (κ3) is 4.14. The van der Waals surface area contributed by atoms with Gasteiger partial charge in [-0.05, 0) is 42.7 Å². The van der Waals surface area contributed by atoms with Gasteiger partial charge in [0.15, 0.2) is 24.0 Å². The number of benzene rings is 2. The maximum absolute atomic E-state index is 13.1. The predicted molar refractivity (Wildman–Crippen MR) is 92.9 cm³/mol. The summed E-state index contributed by atoms with van der Waals surface area (Å²) in [4.78, 5) is 26.8. The summed E-state index contributed by atoms with van der Waals surface area (Å²) in [7, 11) is 0. The molecule has 4 nitrogen and oxygen atoms in total. The summed E-state index contributed by atoms with van der Waals surface area (Å²) in [5, 5.41) is 1.12. The standard InChI is InChI=1S/C20H17F2NO3/c21-16-9-8-13(10-17(16)22)19(24)12-26-20(25)7-3-4-14-11-23-18-6-2-1-5-15(14)18/h1-2,5-6,8-11,23H,3-4,7,12H2. The Balaban J connectivity index is 1.45. The van der Waals surface area contributed by atoms with Crippen molar-refractivity contribution in [1.82, 2.24) is 4.98 Å². The van der Waals surface area contributed by atoms with Crippen molar-refractivity contribution in [3.05, 3.63) is 71.4 Å². The van der Waals surface area contributed by atoms with E-state index in [-0.39, 0.29) is 12.0 Å². The van der Waals surface area contributed by atoms with E-state index < -0.39 is 30.0 Å². The van der Waals surface area contributed by atoms with Crippen molar-refractivity contribution in [2.45, 2.75) is 19.3 Å². The Morgan fingerprint density at radius 3 is 2.65 bits per heavy atom. The molecule has 0 fully saturated rings. The van der Waals surface area contributed by atoms with Crippen LogP contribution in [-0.4, -0.2) is 23.3 Å². The minimum Gasteiger partial charge on any atom is -0.457 e. The van der Waals surface area contributed by atoms with Crippen LogP contribution in [0.5, 0.6) is 0 Å². The average Bonchev–Trinajstić information content (AvgIpc) is 3.05. The first-order valence-corrected chi connectivity index (χ1v) is 8.23. The van der Waals surface area contributed by atoms with Crippen molar-refractivity contribution in [3.63, 3.8) is 0 Å². The first kappa shape index (κ1) is 17.8. The van der Waals surface area contributed by atoms with E-state index in [0.717, 1.165) is 34.7 Å². The SMILES string of the molecule is O=C(CCCc1c[nH]c2ccccc12)OCC(=O)c1ccc(F)c(F)c1. The number of ether oxygens (including phenoxy) is 1. The van der Waals surface area contributed by atoms with Crippen molar-refractivity contribution < 1.29 is 23.1 Å². The van der Waals surface area contributed by atoms with Crippen LogP contribution in [0, 0.1) is 11.6 Å². The maximum Gasteiger partial charge on any atom is 0.306 e. The van der Waals surface area contributed by atoms with E-state index in [0.29, 0.717) is 12.8 Å². The number of rotatable bonds is 7. The summed E-state index contributed by atoms with van der Waals surface area (Å²) in [6, 6.07) is 10.7. The highest BCUT2D eigenvalue weighted by Crippen LogP contribution is 2.19. The number of para-hydroxylation sites is 1. The van der Waals surface area contributed by atoms with Gasteiger partial charge in [0.25, 0.3) is 0 Å². The van der Waals surface area contributed by atoms with Crippen molar-refractivity contribution in [1.29, 1.82) is 0 Å². The van der Waals surface area contributed by atoms with E-state index in [1.807, 2.05) is 30.5 Å². The molecule has 3 aromatic rings. The zero-order valence-corrected chi connectivity index (χ0v) is 13.9. The fourth-order valence-corrected chi connectivity index (χ4v) is 2.73. The molecule has 0 radical (unpaired) electrons. The second-order valence-electron chi connectivity index (χ2n) is 5.93. The molecule has 1 aromatic heterocycles. The summed E-state index contributed by atoms with van der Waals surface area (Å²) in [5.74, 6) is -3.22. The molecule has 0 aliphatic heterocycles. The number of aryl methyl sites for hydroxylation is 1. The molecule has 0 aliphatic rings. The molecule has 0 bridgehead atoms. The number of carbonyl (C=O) groups is 2. The quantitative estimate of drug-likeness (QED) is 0.509. The van der Waals surface area contributed by atoms with E-state index in [4.69, 9.17) is 4.74 Å². The summed E-state index contributed by atoms with van der Waals surface area (Å²) in [6.45, 7) is -0.489. The lowest BCUT2D eigenvalue weighted by molar-refractivity contribution is -0.142. The molecule has 2 aromatic carbocycles. The minimum atomic E-state index is -1.11. The number of H-pyrrole nitrogens is 1. The minimum absolute atomic E-state index is 0.0320. The number of aromatic amines is 1. The van der Waals surface area contributed by atoms with E-state index >= 15 is 0 Å². The molecule has 0 saturated heterocycles. The highest BCUT2D eigenvalue weighted by Gasteiger charge is 2.13. The van der Waals surface area contributed by atoms with E-state index in [9.17, 15) is 18.4 Å². The molecule has 0 atom stereocenters. The number of hydrogen-bond donors (Lipinski definition) is 1. The molecule has 3 rings (SSSR count). The molecule has 0 spiro atoms. The van der Waals surface area contributed by atoms with Gasteiger partial charge in [-0.2, -0.15) is 0 Å². The molecule has 26 heavy (non-hydrogen) atoms. The van der Waals surface area contributed by atoms with Gasteiger partial charge in [-0.3, -0.25) is 9.59 Å². The number of nitrogens with one attached hydrogen (secondary N) is 1. The molecule has 0 saturated carbocycles. The number of halogens is 2. The molecule has 0 unspecified atom stereocenters. The Morgan fingerprint density at radius 2 is 1.85 bits per heavy atom. The lowest BCUT2D eigenvalue weighted by Crippen LogP contribution is -2.14. The van der Waals surface area contributed by atoms with Crippen LogP contribution in [0.2, 0.25) is 0 Å². The van der Waals surface area contributed by atoms with Crippen LogP contribution >= 0.6 is 0 Å². The number of aromatic nitrogens is 1. The topological polar surface area (TPSA) is 59.2 Å². The lowest BCUT2D eigenvalue weighted by Gasteiger charge is -2.05. The molecular formula is C20H17F2NO3. The monoisotopic (exact) mass is 357 g/mol. The summed E-state index contributed by atoms with van der Waals surface area (Å²) in [6.07, 6.45) is 3.38. The lowest BCUT2D eigenvalue weighted by atomic mass is 10.1. The van der Waals surface area contributed by atoms with Gasteiger partial charge in [0.05, 0.1) is 0 Å². The second kappa shape index (κ2) is 7.91. The fourth-order valence-electron chi connectivity index (χ4n) is 2.73. The van der Waals surface area contributed by atoms with Gasteiger partial charge in [-0.15, -0.1) is 0 Å². The predicted octanol–water partition coefficient (Wildman–Crippen LogP) is 4.19. The zero-order chi connectivity index (χ0) is 18.5. The van der Waals surface area contributed by atoms with Gasteiger partial charge in [0, 0.05) is 29.1 Å². The van der Waals surface area contributed by atoms with Gasteiger partial charge < -0.3 is 9.72 Å². The average molecular weight is 357 g/mol. The van der Waals surface area contributed by atoms with Gasteiger partial charge in [-0.1, -0.05) is 18.2 Å². The molecular weight excluding hydrogens is 340 g/mol. The third-order valence-corrected chi connectivity index (χ3v) is 4.11. The number of esters is 1. The fraction of sp³-hybridized carbons (Fsp3) is 0.200. The van der Waals surface area contributed by atoms with Crippen LogP contribution in [0.1, 0.15) is 28.8 Å². The van der Waals surface area contributed by atoms with Gasteiger partial charge in [0.1, 0.15) is 0 Å². The zero-order valence-electron chi connectivity index (χ0n) is 13.9. The number of carbonyl (C=O) groups excluding carboxylic acids is 2. The van der Waals surface area contributed by atoms with Crippen LogP contribution < -0.4 is 0 Å². The Labute approximate surface area is 148 Å². The molecule has 0 aliphatic carbocycles. The summed E-state index contributed by atoms with van der Waals surface area (Å²) >= 11 is 0. The summed E-state index contributed by atoms with van der Waals surface area (Å²) < 4.78 is 30.9. The Hall–Kier alpha value is -3.02. The van der Waals surface area contributed by atoms with Crippen LogP contribution in [0.3, 0.4) is 0 Å². The molecule has 0 amide bonds. The molecule has 1 N–H and O–H groups in total. The molecule has 1 heterocycles. The van der Waals surface area contributed by atoms with Crippen molar-refractivity contribution in [3.8, 4) is 0 Å². The first-order chi connectivity index (χ1) is 12.5. The maximum atomic E-state index is 13.1. The van der Waals surface area contributed by atoms with E-state index in [1.54, 1.807) is 0 Å². The Bertz CT molecular complexity index is 949. The third-order valence-electron chi connectivity index (χ3n) is 4.11. The normalized spacial score (nSPS) is 10.8. The van der Waals surface area contributed by atoms with Crippen LogP contribution in [0.4, 0.5) is 8.78 Å². The Morgan fingerprint density at radius 1 is 1.04 bits per heavy atom. The van der Waals surface area contributed by atoms with Crippen molar-refractivity contribution in [2.75, 3.05) is 6.61 Å². The Kier molecular flexibility index (Phi) is 5.41. The summed E-state index contributed by atoms with van der Waals surface area (Å²) in [5.41, 5.74) is 2.13. The number of ketones is 1. The van der Waals surface area contributed by atoms with Crippen LogP contribution in [0.25, 0.3) is 10.9 Å². The molecule has 6 heteroatoms. The van der Waals surface area contributed by atoms with Gasteiger partial charge in [-0.25, -0.2) is 8.78 Å². The number of hydrogen-bond acceptors (Lipinski definition) is 3.